The molecule has 1 heteroatoms. The highest BCUT2D eigenvalue weighted by Gasteiger charge is 2.17. The van der Waals surface area contributed by atoms with E-state index in [4.69, 9.17) is 0 Å². The molecule has 2 atom stereocenters. The van der Waals surface area contributed by atoms with E-state index >= 15 is 0 Å². The van der Waals surface area contributed by atoms with Gasteiger partial charge in [0.05, 0.1) is 11.0 Å². The van der Waals surface area contributed by atoms with Crippen LogP contribution >= 0.6 is 0 Å². The van der Waals surface area contributed by atoms with Crippen molar-refractivity contribution in [2.45, 2.75) is 53.4 Å². The van der Waals surface area contributed by atoms with E-state index in [9.17, 15) is 0 Å². The van der Waals surface area contributed by atoms with Crippen molar-refractivity contribution < 1.29 is 0 Å². The van der Waals surface area contributed by atoms with Crippen molar-refractivity contribution >= 4 is 54.1 Å². The zero-order valence-electron chi connectivity index (χ0n) is 33.2. The standard InChI is InChI=1S/C47H37N.C8H12/c1-4-30(2)35-13-5-6-14-37(35)36-24-21-32(27-31(36)3)33-22-26-47-45(28-33)43-19-11-12-20-46(43)48(47)34-23-25-42-40-17-8-7-15-38(40)39-16-9-10-18-41(39)44(42)29-34;1-7-4-3-5-8(2)6-7/h5-30H,4H2,1-3H3;3-5,7H,6H2,1-2H3/t30-;/m1./s1. The second-order valence-electron chi connectivity index (χ2n) is 15.9. The summed E-state index contributed by atoms with van der Waals surface area (Å²) in [5.74, 6) is 1.29. The Balaban J connectivity index is 0.000000459. The summed E-state index contributed by atoms with van der Waals surface area (Å²) in [6.45, 7) is 11.3. The number of aryl methyl sites for hydroxylation is 1. The molecule has 8 aromatic carbocycles. The van der Waals surface area contributed by atoms with Gasteiger partial charge in [-0.1, -0.05) is 166 Å². The number of aromatic nitrogens is 1. The van der Waals surface area contributed by atoms with E-state index in [1.807, 2.05) is 0 Å². The summed E-state index contributed by atoms with van der Waals surface area (Å²) in [7, 11) is 0. The molecule has 1 unspecified atom stereocenters. The molecule has 0 radical (unpaired) electrons. The highest BCUT2D eigenvalue weighted by molar-refractivity contribution is 6.25. The van der Waals surface area contributed by atoms with Gasteiger partial charge in [0.25, 0.3) is 0 Å². The fourth-order valence-corrected chi connectivity index (χ4v) is 9.06. The Labute approximate surface area is 331 Å². The number of para-hydroxylation sites is 1. The topological polar surface area (TPSA) is 4.93 Å². The Morgan fingerprint density at radius 1 is 0.554 bits per heavy atom. The van der Waals surface area contributed by atoms with Gasteiger partial charge in [-0.3, -0.25) is 0 Å². The van der Waals surface area contributed by atoms with E-state index in [1.165, 1.54) is 105 Å². The molecule has 0 fully saturated rings. The van der Waals surface area contributed by atoms with Gasteiger partial charge in [-0.2, -0.15) is 0 Å². The van der Waals surface area contributed by atoms with Gasteiger partial charge in [-0.25, -0.2) is 0 Å². The van der Waals surface area contributed by atoms with Gasteiger partial charge in [0.1, 0.15) is 0 Å². The minimum atomic E-state index is 0.528. The molecule has 1 aromatic heterocycles. The smallest absolute Gasteiger partial charge is 0.0541 e. The van der Waals surface area contributed by atoms with Crippen LogP contribution in [0.4, 0.5) is 0 Å². The molecule has 1 aliphatic carbocycles. The highest BCUT2D eigenvalue weighted by Crippen LogP contribution is 2.40. The first-order valence-electron chi connectivity index (χ1n) is 20.3. The zero-order valence-corrected chi connectivity index (χ0v) is 33.2. The lowest BCUT2D eigenvalue weighted by atomic mass is 9.87. The van der Waals surface area contributed by atoms with Gasteiger partial charge >= 0.3 is 0 Å². The molecule has 1 heterocycles. The molecule has 1 aliphatic rings. The number of benzene rings is 8. The molecule has 1 nitrogen and oxygen atoms in total. The summed E-state index contributed by atoms with van der Waals surface area (Å²) >= 11 is 0. The van der Waals surface area contributed by atoms with Gasteiger partial charge in [0, 0.05) is 16.5 Å². The van der Waals surface area contributed by atoms with E-state index in [0.717, 1.165) is 12.3 Å². The van der Waals surface area contributed by atoms with E-state index in [-0.39, 0.29) is 0 Å². The van der Waals surface area contributed by atoms with Gasteiger partial charge in [-0.05, 0) is 135 Å². The SMILES string of the molecule is CC1=CC=CC(C)C1.CC[C@@H](C)c1ccccc1-c1ccc(-c2ccc3c(c2)c2ccccc2n3-c2ccc3c4ccccc4c4ccccc4c3c2)cc1C. The molecule has 0 amide bonds. The van der Waals surface area contributed by atoms with Crippen molar-refractivity contribution in [3.05, 3.63) is 187 Å². The van der Waals surface area contributed by atoms with Crippen LogP contribution in [-0.2, 0) is 0 Å². The number of hydrogen-bond donors (Lipinski definition) is 0. The van der Waals surface area contributed by atoms with Gasteiger partial charge in [0.15, 0.2) is 0 Å². The van der Waals surface area contributed by atoms with Crippen molar-refractivity contribution in [2.75, 3.05) is 0 Å². The monoisotopic (exact) mass is 723 g/mol. The van der Waals surface area contributed by atoms with Gasteiger partial charge in [0.2, 0.25) is 0 Å². The summed E-state index contributed by atoms with van der Waals surface area (Å²) in [6.07, 6.45) is 8.95. The number of hydrogen-bond acceptors (Lipinski definition) is 0. The average molecular weight is 724 g/mol. The first-order chi connectivity index (χ1) is 27.4. The molecule has 274 valence electrons. The van der Waals surface area contributed by atoms with Crippen molar-refractivity contribution in [1.29, 1.82) is 0 Å². The van der Waals surface area contributed by atoms with Crippen LogP contribution in [0.1, 0.15) is 57.6 Å². The molecule has 0 bridgehead atoms. The maximum Gasteiger partial charge on any atom is 0.0541 e. The number of allylic oxidation sites excluding steroid dienone is 4. The van der Waals surface area contributed by atoms with Crippen LogP contribution in [0, 0.1) is 12.8 Å². The van der Waals surface area contributed by atoms with Crippen molar-refractivity contribution in [1.82, 2.24) is 4.57 Å². The Bertz CT molecular complexity index is 2950. The predicted molar refractivity (Wildman–Crippen MR) is 244 cm³/mol. The van der Waals surface area contributed by atoms with E-state index in [1.54, 1.807) is 0 Å². The first kappa shape index (κ1) is 35.5. The summed E-state index contributed by atoms with van der Waals surface area (Å²) < 4.78 is 2.44. The Hall–Kier alpha value is -6.18. The lowest BCUT2D eigenvalue weighted by Gasteiger charge is -2.17. The molecule has 56 heavy (non-hydrogen) atoms. The first-order valence-corrected chi connectivity index (χ1v) is 20.3. The number of rotatable bonds is 5. The van der Waals surface area contributed by atoms with E-state index in [0.29, 0.717) is 5.92 Å². The van der Waals surface area contributed by atoms with Gasteiger partial charge in [-0.15, -0.1) is 0 Å². The molecule has 0 spiro atoms. The zero-order chi connectivity index (χ0) is 38.3. The third-order valence-electron chi connectivity index (χ3n) is 12.1. The Morgan fingerprint density at radius 3 is 1.80 bits per heavy atom. The highest BCUT2D eigenvalue weighted by atomic mass is 15.0. The summed E-state index contributed by atoms with van der Waals surface area (Å²) in [5.41, 5.74) is 13.0. The second kappa shape index (κ2) is 14.8. The maximum absolute atomic E-state index is 2.44. The molecule has 0 N–H and O–H groups in total. The third kappa shape index (κ3) is 6.32. The van der Waals surface area contributed by atoms with Crippen molar-refractivity contribution in [3.8, 4) is 27.9 Å². The van der Waals surface area contributed by atoms with Crippen LogP contribution in [-0.4, -0.2) is 4.57 Å². The van der Waals surface area contributed by atoms with E-state index in [2.05, 4.69) is 209 Å². The quantitative estimate of drug-likeness (QED) is 0.156. The second-order valence-corrected chi connectivity index (χ2v) is 15.9. The number of fused-ring (bicyclic) bond motifs is 9. The van der Waals surface area contributed by atoms with Gasteiger partial charge < -0.3 is 4.57 Å². The van der Waals surface area contributed by atoms with Crippen LogP contribution in [0.3, 0.4) is 0 Å². The summed E-state index contributed by atoms with van der Waals surface area (Å²) in [5, 5.41) is 10.3. The lowest BCUT2D eigenvalue weighted by molar-refractivity contribution is 0.707. The van der Waals surface area contributed by atoms with Crippen molar-refractivity contribution in [2.24, 2.45) is 5.92 Å². The molecule has 10 rings (SSSR count). The van der Waals surface area contributed by atoms with E-state index < -0.39 is 0 Å². The molecular formula is C55H49N. The fourth-order valence-electron chi connectivity index (χ4n) is 9.06. The maximum atomic E-state index is 2.44. The van der Waals surface area contributed by atoms with Crippen molar-refractivity contribution in [3.63, 3.8) is 0 Å². The molecule has 0 aliphatic heterocycles. The minimum Gasteiger partial charge on any atom is -0.309 e. The summed E-state index contributed by atoms with van der Waals surface area (Å²) in [6, 6.07) is 56.3. The normalized spacial score (nSPS) is 14.7. The van der Waals surface area contributed by atoms with Crippen LogP contribution in [0.15, 0.2) is 175 Å². The molecule has 9 aromatic rings. The predicted octanol–water partition coefficient (Wildman–Crippen LogP) is 15.9. The molecular weight excluding hydrogens is 675 g/mol. The third-order valence-corrected chi connectivity index (χ3v) is 12.1. The van der Waals surface area contributed by atoms with Crippen LogP contribution in [0.2, 0.25) is 0 Å². The molecule has 0 saturated carbocycles. The number of nitrogens with zero attached hydrogens (tertiary/aromatic N) is 1. The van der Waals surface area contributed by atoms with Crippen LogP contribution in [0.5, 0.6) is 0 Å². The lowest BCUT2D eigenvalue weighted by Crippen LogP contribution is -1.96. The largest absolute Gasteiger partial charge is 0.309 e. The fraction of sp³-hybridized carbons (Fsp3) is 0.164. The minimum absolute atomic E-state index is 0.528. The Kier molecular flexibility index (Phi) is 9.39. The van der Waals surface area contributed by atoms with Crippen LogP contribution < -0.4 is 0 Å². The van der Waals surface area contributed by atoms with Crippen LogP contribution in [0.25, 0.3) is 82.1 Å². The average Bonchev–Trinajstić information content (AvgIpc) is 3.57. The molecule has 0 saturated heterocycles. The summed E-state index contributed by atoms with van der Waals surface area (Å²) in [4.78, 5) is 0. The Morgan fingerprint density at radius 2 is 1.14 bits per heavy atom.